The molecule has 1 saturated heterocycles. The first-order valence-corrected chi connectivity index (χ1v) is 6.16. The van der Waals surface area contributed by atoms with E-state index in [4.69, 9.17) is 16.3 Å². The molecular weight excluding hydrogens is 222 g/mol. The van der Waals surface area contributed by atoms with Crippen molar-refractivity contribution in [1.82, 2.24) is 5.32 Å². The standard InChI is InChI=1S/C13H18ClNO/c1-16-13-6-7-15-12(9-13)8-10-2-4-11(14)5-3-10/h2-5,12-13,15H,6-9H2,1H3. The minimum Gasteiger partial charge on any atom is -0.381 e. The molecule has 1 aromatic carbocycles. The minimum atomic E-state index is 0.415. The van der Waals surface area contributed by atoms with E-state index in [-0.39, 0.29) is 0 Å². The summed E-state index contributed by atoms with van der Waals surface area (Å²) in [6, 6.07) is 8.63. The Hall–Kier alpha value is -0.570. The molecule has 0 aliphatic carbocycles. The van der Waals surface area contributed by atoms with Gasteiger partial charge in [-0.15, -0.1) is 0 Å². The van der Waals surface area contributed by atoms with Crippen molar-refractivity contribution in [2.24, 2.45) is 0 Å². The summed E-state index contributed by atoms with van der Waals surface area (Å²) in [7, 11) is 1.80. The topological polar surface area (TPSA) is 21.3 Å². The van der Waals surface area contributed by atoms with Gasteiger partial charge in [-0.05, 0) is 43.5 Å². The number of ether oxygens (including phenoxy) is 1. The summed E-state index contributed by atoms with van der Waals surface area (Å²) in [4.78, 5) is 0. The number of hydrogen-bond donors (Lipinski definition) is 1. The smallest absolute Gasteiger partial charge is 0.0598 e. The molecule has 1 aliphatic heterocycles. The average Bonchev–Trinajstić information content (AvgIpc) is 2.32. The van der Waals surface area contributed by atoms with E-state index in [0.717, 1.165) is 30.8 Å². The molecule has 2 atom stereocenters. The second-order valence-electron chi connectivity index (χ2n) is 4.36. The Morgan fingerprint density at radius 3 is 2.81 bits per heavy atom. The molecule has 1 fully saturated rings. The summed E-state index contributed by atoms with van der Waals surface area (Å²) in [5.74, 6) is 0. The van der Waals surface area contributed by atoms with Gasteiger partial charge in [0.2, 0.25) is 0 Å². The van der Waals surface area contributed by atoms with Crippen LogP contribution in [0, 0.1) is 0 Å². The van der Waals surface area contributed by atoms with E-state index in [0.29, 0.717) is 12.1 Å². The van der Waals surface area contributed by atoms with Crippen LogP contribution in [0.5, 0.6) is 0 Å². The van der Waals surface area contributed by atoms with Gasteiger partial charge in [0.25, 0.3) is 0 Å². The fraction of sp³-hybridized carbons (Fsp3) is 0.538. The van der Waals surface area contributed by atoms with Crippen molar-refractivity contribution in [2.75, 3.05) is 13.7 Å². The largest absolute Gasteiger partial charge is 0.381 e. The molecule has 88 valence electrons. The van der Waals surface area contributed by atoms with Gasteiger partial charge in [0.1, 0.15) is 0 Å². The number of benzene rings is 1. The van der Waals surface area contributed by atoms with Crippen LogP contribution in [0.1, 0.15) is 18.4 Å². The van der Waals surface area contributed by atoms with Crippen LogP contribution in [0.4, 0.5) is 0 Å². The fourth-order valence-electron chi connectivity index (χ4n) is 2.24. The molecule has 0 amide bonds. The van der Waals surface area contributed by atoms with Crippen molar-refractivity contribution >= 4 is 11.6 Å². The Balaban J connectivity index is 1.91. The first kappa shape index (κ1) is 11.9. The first-order valence-electron chi connectivity index (χ1n) is 5.78. The summed E-state index contributed by atoms with van der Waals surface area (Å²) in [6.07, 6.45) is 3.68. The van der Waals surface area contributed by atoms with Gasteiger partial charge in [0, 0.05) is 18.2 Å². The predicted molar refractivity (Wildman–Crippen MR) is 67.0 cm³/mol. The summed E-state index contributed by atoms with van der Waals surface area (Å²) < 4.78 is 5.42. The maximum atomic E-state index is 5.86. The van der Waals surface area contributed by atoms with E-state index < -0.39 is 0 Å². The highest BCUT2D eigenvalue weighted by Gasteiger charge is 2.20. The van der Waals surface area contributed by atoms with Crippen molar-refractivity contribution in [3.8, 4) is 0 Å². The number of halogens is 1. The molecule has 0 radical (unpaired) electrons. The molecule has 1 N–H and O–H groups in total. The second-order valence-corrected chi connectivity index (χ2v) is 4.80. The number of nitrogens with one attached hydrogen (secondary N) is 1. The third kappa shape index (κ3) is 3.21. The lowest BCUT2D eigenvalue weighted by molar-refractivity contribution is 0.0621. The van der Waals surface area contributed by atoms with Crippen LogP contribution in [-0.4, -0.2) is 25.8 Å². The highest BCUT2D eigenvalue weighted by molar-refractivity contribution is 6.30. The molecule has 0 saturated carbocycles. The molecule has 3 heteroatoms. The highest BCUT2D eigenvalue weighted by Crippen LogP contribution is 2.17. The van der Waals surface area contributed by atoms with E-state index >= 15 is 0 Å². The van der Waals surface area contributed by atoms with Gasteiger partial charge in [0.05, 0.1) is 6.10 Å². The number of methoxy groups -OCH3 is 1. The minimum absolute atomic E-state index is 0.415. The maximum absolute atomic E-state index is 5.86. The molecule has 0 spiro atoms. The van der Waals surface area contributed by atoms with Gasteiger partial charge in [-0.2, -0.15) is 0 Å². The quantitative estimate of drug-likeness (QED) is 0.876. The Kier molecular flexibility index (Phi) is 4.22. The van der Waals surface area contributed by atoms with Gasteiger partial charge in [0.15, 0.2) is 0 Å². The molecule has 1 heterocycles. The van der Waals surface area contributed by atoms with Crippen LogP contribution in [-0.2, 0) is 11.2 Å². The Labute approximate surface area is 102 Å². The SMILES string of the molecule is COC1CCNC(Cc2ccc(Cl)cc2)C1. The van der Waals surface area contributed by atoms with Crippen LogP contribution >= 0.6 is 11.6 Å². The Bertz CT molecular complexity index is 325. The molecule has 1 aliphatic rings. The number of piperidine rings is 1. The molecule has 2 nitrogen and oxygen atoms in total. The Morgan fingerprint density at radius 1 is 1.38 bits per heavy atom. The van der Waals surface area contributed by atoms with E-state index in [1.165, 1.54) is 5.56 Å². The zero-order chi connectivity index (χ0) is 11.4. The van der Waals surface area contributed by atoms with Crippen molar-refractivity contribution < 1.29 is 4.74 Å². The average molecular weight is 240 g/mol. The molecule has 1 aromatic rings. The lowest BCUT2D eigenvalue weighted by Gasteiger charge is -2.29. The lowest BCUT2D eigenvalue weighted by atomic mass is 9.96. The van der Waals surface area contributed by atoms with Crippen molar-refractivity contribution in [3.05, 3.63) is 34.9 Å². The number of hydrogen-bond acceptors (Lipinski definition) is 2. The summed E-state index contributed by atoms with van der Waals surface area (Å²) in [6.45, 7) is 1.05. The highest BCUT2D eigenvalue weighted by atomic mass is 35.5. The molecule has 2 rings (SSSR count). The molecule has 0 bridgehead atoms. The summed E-state index contributed by atoms with van der Waals surface area (Å²) in [5.41, 5.74) is 1.33. The first-order chi connectivity index (χ1) is 7.78. The molecule has 2 unspecified atom stereocenters. The normalized spacial score (nSPS) is 25.6. The van der Waals surface area contributed by atoms with Gasteiger partial charge < -0.3 is 10.1 Å². The van der Waals surface area contributed by atoms with E-state index in [1.54, 1.807) is 7.11 Å². The fourth-order valence-corrected chi connectivity index (χ4v) is 2.37. The van der Waals surface area contributed by atoms with Crippen molar-refractivity contribution in [3.63, 3.8) is 0 Å². The van der Waals surface area contributed by atoms with Gasteiger partial charge in [-0.1, -0.05) is 23.7 Å². The van der Waals surface area contributed by atoms with Crippen LogP contribution in [0.3, 0.4) is 0 Å². The zero-order valence-corrected chi connectivity index (χ0v) is 10.3. The van der Waals surface area contributed by atoms with E-state index in [2.05, 4.69) is 17.4 Å². The Morgan fingerprint density at radius 2 is 2.12 bits per heavy atom. The molecular formula is C13H18ClNO. The summed E-state index contributed by atoms with van der Waals surface area (Å²) in [5, 5.41) is 4.33. The maximum Gasteiger partial charge on any atom is 0.0598 e. The van der Waals surface area contributed by atoms with E-state index in [9.17, 15) is 0 Å². The predicted octanol–water partition coefficient (Wildman–Crippen LogP) is 2.65. The third-order valence-corrected chi connectivity index (χ3v) is 3.43. The molecule has 0 aromatic heterocycles. The van der Waals surface area contributed by atoms with E-state index in [1.807, 2.05) is 12.1 Å². The van der Waals surface area contributed by atoms with Gasteiger partial charge in [-0.3, -0.25) is 0 Å². The van der Waals surface area contributed by atoms with Crippen LogP contribution in [0.2, 0.25) is 5.02 Å². The second kappa shape index (κ2) is 5.67. The van der Waals surface area contributed by atoms with Gasteiger partial charge >= 0.3 is 0 Å². The molecule has 16 heavy (non-hydrogen) atoms. The summed E-state index contributed by atoms with van der Waals surface area (Å²) >= 11 is 5.86. The van der Waals surface area contributed by atoms with Crippen molar-refractivity contribution in [2.45, 2.75) is 31.4 Å². The lowest BCUT2D eigenvalue weighted by Crippen LogP contribution is -2.42. The van der Waals surface area contributed by atoms with Crippen LogP contribution in [0.15, 0.2) is 24.3 Å². The monoisotopic (exact) mass is 239 g/mol. The number of rotatable bonds is 3. The van der Waals surface area contributed by atoms with Crippen LogP contribution in [0.25, 0.3) is 0 Å². The van der Waals surface area contributed by atoms with Crippen LogP contribution < -0.4 is 5.32 Å². The third-order valence-electron chi connectivity index (χ3n) is 3.18. The van der Waals surface area contributed by atoms with Crippen molar-refractivity contribution in [1.29, 1.82) is 0 Å². The zero-order valence-electron chi connectivity index (χ0n) is 9.58. The van der Waals surface area contributed by atoms with Gasteiger partial charge in [-0.25, -0.2) is 0 Å².